The minimum absolute atomic E-state index is 0.389. The summed E-state index contributed by atoms with van der Waals surface area (Å²) >= 11 is 6.00. The van der Waals surface area contributed by atoms with Gasteiger partial charge in [-0.05, 0) is 13.0 Å². The Morgan fingerprint density at radius 1 is 1.36 bits per heavy atom. The number of carbonyl (C=O) groups excluding carboxylic acids is 1. The summed E-state index contributed by atoms with van der Waals surface area (Å²) in [5, 5.41) is 0.411. The molecule has 0 radical (unpaired) electrons. The minimum Gasteiger partial charge on any atom is -0.496 e. The van der Waals surface area contributed by atoms with Gasteiger partial charge in [0, 0.05) is 5.56 Å². The fraction of sp³-hybridized carbons (Fsp3) is 0.300. The van der Waals surface area contributed by atoms with Crippen molar-refractivity contribution in [1.29, 1.82) is 0 Å². The van der Waals surface area contributed by atoms with Crippen LogP contribution in [0.1, 0.15) is 15.9 Å². The molecule has 4 heteroatoms. The molecule has 76 valence electrons. The summed E-state index contributed by atoms with van der Waals surface area (Å²) < 4.78 is 10.1. The predicted octanol–water partition coefficient (Wildman–Crippen LogP) is 2.48. The molecule has 0 unspecified atom stereocenters. The molecule has 14 heavy (non-hydrogen) atoms. The molecule has 0 aromatic heterocycles. The van der Waals surface area contributed by atoms with Crippen LogP contribution in [0.5, 0.6) is 11.5 Å². The summed E-state index contributed by atoms with van der Waals surface area (Å²) in [5.74, 6) is 0.970. The summed E-state index contributed by atoms with van der Waals surface area (Å²) in [5.41, 5.74) is 1.15. The van der Waals surface area contributed by atoms with Crippen LogP contribution in [0.15, 0.2) is 6.07 Å². The zero-order valence-electron chi connectivity index (χ0n) is 8.26. The van der Waals surface area contributed by atoms with Crippen LogP contribution in [0.3, 0.4) is 0 Å². The number of halogens is 1. The van der Waals surface area contributed by atoms with Gasteiger partial charge < -0.3 is 9.47 Å². The summed E-state index contributed by atoms with van der Waals surface area (Å²) in [6.07, 6.45) is 0.687. The third kappa shape index (κ3) is 1.68. The van der Waals surface area contributed by atoms with Crippen molar-refractivity contribution in [2.75, 3.05) is 14.2 Å². The van der Waals surface area contributed by atoms with Crippen molar-refractivity contribution >= 4 is 17.9 Å². The molecule has 0 atom stereocenters. The average molecular weight is 215 g/mol. The molecule has 3 nitrogen and oxygen atoms in total. The summed E-state index contributed by atoms with van der Waals surface area (Å²) in [6, 6.07) is 1.60. The van der Waals surface area contributed by atoms with E-state index in [1.807, 2.05) is 0 Å². The van der Waals surface area contributed by atoms with Gasteiger partial charge in [0.1, 0.15) is 11.5 Å². The van der Waals surface area contributed by atoms with Gasteiger partial charge in [-0.3, -0.25) is 4.79 Å². The van der Waals surface area contributed by atoms with E-state index in [2.05, 4.69) is 0 Å². The molecule has 0 fully saturated rings. The lowest BCUT2D eigenvalue weighted by atomic mass is 10.1. The van der Waals surface area contributed by atoms with Gasteiger partial charge in [0.05, 0.1) is 24.8 Å². The van der Waals surface area contributed by atoms with Gasteiger partial charge >= 0.3 is 0 Å². The lowest BCUT2D eigenvalue weighted by Gasteiger charge is -2.12. The van der Waals surface area contributed by atoms with Crippen LogP contribution in [-0.4, -0.2) is 20.5 Å². The molecule has 1 aromatic carbocycles. The van der Waals surface area contributed by atoms with E-state index in [0.29, 0.717) is 28.4 Å². The third-order valence-corrected chi connectivity index (χ3v) is 2.45. The SMILES string of the molecule is COc1cc(C=O)c(OC)c(Cl)c1C. The number of benzene rings is 1. The lowest BCUT2D eigenvalue weighted by molar-refractivity contribution is 0.112. The fourth-order valence-electron chi connectivity index (χ4n) is 1.23. The van der Waals surface area contributed by atoms with E-state index in [9.17, 15) is 4.79 Å². The Labute approximate surface area is 87.6 Å². The van der Waals surface area contributed by atoms with E-state index < -0.39 is 0 Å². The molecule has 0 spiro atoms. The highest BCUT2D eigenvalue weighted by atomic mass is 35.5. The van der Waals surface area contributed by atoms with Crippen molar-refractivity contribution in [2.45, 2.75) is 6.92 Å². The molecule has 1 aromatic rings. The molecule has 0 aliphatic carbocycles. The molecule has 0 aliphatic rings. The number of rotatable bonds is 3. The van der Waals surface area contributed by atoms with Crippen molar-refractivity contribution in [3.05, 3.63) is 22.2 Å². The molecule has 0 N–H and O–H groups in total. The van der Waals surface area contributed by atoms with Crippen LogP contribution < -0.4 is 9.47 Å². The van der Waals surface area contributed by atoms with E-state index in [1.54, 1.807) is 13.0 Å². The average Bonchev–Trinajstić information content (AvgIpc) is 2.21. The van der Waals surface area contributed by atoms with Gasteiger partial charge in [-0.25, -0.2) is 0 Å². The predicted molar refractivity (Wildman–Crippen MR) is 54.7 cm³/mol. The van der Waals surface area contributed by atoms with Crippen molar-refractivity contribution in [3.8, 4) is 11.5 Å². The van der Waals surface area contributed by atoms with E-state index in [4.69, 9.17) is 21.1 Å². The number of ether oxygens (including phenoxy) is 2. The molecule has 0 bridgehead atoms. The number of hydrogen-bond donors (Lipinski definition) is 0. The maximum Gasteiger partial charge on any atom is 0.153 e. The first-order chi connectivity index (χ1) is 6.65. The minimum atomic E-state index is 0.389. The Morgan fingerprint density at radius 2 is 2.00 bits per heavy atom. The van der Waals surface area contributed by atoms with Crippen molar-refractivity contribution in [3.63, 3.8) is 0 Å². The first-order valence-corrected chi connectivity index (χ1v) is 4.39. The van der Waals surface area contributed by atoms with Gasteiger partial charge in [0.15, 0.2) is 6.29 Å². The van der Waals surface area contributed by atoms with Crippen molar-refractivity contribution in [1.82, 2.24) is 0 Å². The van der Waals surface area contributed by atoms with Gasteiger partial charge in [0.2, 0.25) is 0 Å². The Morgan fingerprint density at radius 3 is 2.43 bits per heavy atom. The summed E-state index contributed by atoms with van der Waals surface area (Å²) in [6.45, 7) is 1.80. The Hall–Kier alpha value is -1.22. The van der Waals surface area contributed by atoms with Gasteiger partial charge in [0.25, 0.3) is 0 Å². The largest absolute Gasteiger partial charge is 0.496 e. The normalized spacial score (nSPS) is 9.71. The van der Waals surface area contributed by atoms with E-state index in [-0.39, 0.29) is 0 Å². The van der Waals surface area contributed by atoms with Gasteiger partial charge in [-0.1, -0.05) is 11.6 Å². The van der Waals surface area contributed by atoms with Crippen LogP contribution in [0.25, 0.3) is 0 Å². The molecule has 0 saturated heterocycles. The smallest absolute Gasteiger partial charge is 0.153 e. The Balaban J connectivity index is 3.45. The number of aldehydes is 1. The van der Waals surface area contributed by atoms with E-state index in [1.165, 1.54) is 14.2 Å². The lowest BCUT2D eigenvalue weighted by Crippen LogP contribution is -1.96. The van der Waals surface area contributed by atoms with Crippen LogP contribution in [-0.2, 0) is 0 Å². The summed E-state index contributed by atoms with van der Waals surface area (Å²) in [7, 11) is 3.00. The second-order valence-electron chi connectivity index (χ2n) is 2.76. The molecule has 0 saturated carbocycles. The maximum atomic E-state index is 10.7. The molecule has 1 rings (SSSR count). The van der Waals surface area contributed by atoms with Crippen molar-refractivity contribution < 1.29 is 14.3 Å². The number of carbonyl (C=O) groups is 1. The summed E-state index contributed by atoms with van der Waals surface area (Å²) in [4.78, 5) is 10.7. The van der Waals surface area contributed by atoms with Gasteiger partial charge in [-0.15, -0.1) is 0 Å². The maximum absolute atomic E-state index is 10.7. The quantitative estimate of drug-likeness (QED) is 0.726. The second kappa shape index (κ2) is 4.33. The zero-order chi connectivity index (χ0) is 10.7. The zero-order valence-corrected chi connectivity index (χ0v) is 9.01. The first-order valence-electron chi connectivity index (χ1n) is 4.02. The molecule has 0 heterocycles. The number of methoxy groups -OCH3 is 2. The van der Waals surface area contributed by atoms with Crippen LogP contribution >= 0.6 is 11.6 Å². The highest BCUT2D eigenvalue weighted by molar-refractivity contribution is 6.33. The number of hydrogen-bond acceptors (Lipinski definition) is 3. The fourth-order valence-corrected chi connectivity index (χ4v) is 1.51. The standard InChI is InChI=1S/C10H11ClO3/c1-6-8(13-2)4-7(5-12)10(14-3)9(6)11/h4-5H,1-3H3. The van der Waals surface area contributed by atoms with E-state index >= 15 is 0 Å². The van der Waals surface area contributed by atoms with Crippen LogP contribution in [0.4, 0.5) is 0 Å². The molecular weight excluding hydrogens is 204 g/mol. The van der Waals surface area contributed by atoms with Gasteiger partial charge in [-0.2, -0.15) is 0 Å². The molecule has 0 amide bonds. The first kappa shape index (κ1) is 10.9. The second-order valence-corrected chi connectivity index (χ2v) is 3.14. The van der Waals surface area contributed by atoms with Crippen LogP contribution in [0.2, 0.25) is 5.02 Å². The Bertz CT molecular complexity index is 361. The Kier molecular flexibility index (Phi) is 3.36. The molecule has 0 aliphatic heterocycles. The van der Waals surface area contributed by atoms with Crippen LogP contribution in [0, 0.1) is 6.92 Å². The highest BCUT2D eigenvalue weighted by Crippen LogP contribution is 2.36. The third-order valence-electron chi connectivity index (χ3n) is 2.00. The van der Waals surface area contributed by atoms with Crippen molar-refractivity contribution in [2.24, 2.45) is 0 Å². The highest BCUT2D eigenvalue weighted by Gasteiger charge is 2.14. The monoisotopic (exact) mass is 214 g/mol. The topological polar surface area (TPSA) is 35.5 Å². The molecular formula is C10H11ClO3. The van der Waals surface area contributed by atoms with E-state index in [0.717, 1.165) is 5.56 Å².